The van der Waals surface area contributed by atoms with Gasteiger partial charge in [0.2, 0.25) is 0 Å². The van der Waals surface area contributed by atoms with Crippen LogP contribution in [0.4, 0.5) is 18.9 Å². The largest absolute Gasteiger partial charge is 0.497 e. The minimum Gasteiger partial charge on any atom is -0.497 e. The molecule has 0 spiro atoms. The number of hydrogen-bond acceptors (Lipinski definition) is 6. The maximum atomic E-state index is 13.4. The molecule has 4 rings (SSSR count). The first kappa shape index (κ1) is 29.2. The van der Waals surface area contributed by atoms with Crippen molar-refractivity contribution in [1.82, 2.24) is 9.88 Å². The zero-order valence-electron chi connectivity index (χ0n) is 22.7. The summed E-state index contributed by atoms with van der Waals surface area (Å²) in [6.45, 7) is 1.19. The number of hydrogen-bond donors (Lipinski definition) is 2. The topological polar surface area (TPSA) is 86.1 Å². The average Bonchev–Trinajstić information content (AvgIpc) is 2.94. The Kier molecular flexibility index (Phi) is 8.86. The summed E-state index contributed by atoms with van der Waals surface area (Å²) in [6, 6.07) is 7.13. The van der Waals surface area contributed by atoms with Crippen molar-refractivity contribution < 1.29 is 32.9 Å². The number of aliphatic carboxylic acids is 1. The van der Waals surface area contributed by atoms with Gasteiger partial charge in [-0.3, -0.25) is 14.7 Å². The number of fused-ring (bicyclic) bond motifs is 1. The van der Waals surface area contributed by atoms with Gasteiger partial charge < -0.3 is 19.8 Å². The lowest BCUT2D eigenvalue weighted by Gasteiger charge is -2.38. The van der Waals surface area contributed by atoms with Gasteiger partial charge in [0, 0.05) is 43.7 Å². The number of carboxylic acids is 1. The highest BCUT2D eigenvalue weighted by Gasteiger charge is 2.41. The molecule has 0 aliphatic carbocycles. The zero-order chi connectivity index (χ0) is 29.0. The van der Waals surface area contributed by atoms with E-state index in [-0.39, 0.29) is 24.9 Å². The van der Waals surface area contributed by atoms with Gasteiger partial charge in [-0.15, -0.1) is 0 Å². The van der Waals surface area contributed by atoms with Crippen LogP contribution in [0.25, 0.3) is 10.9 Å². The predicted molar refractivity (Wildman–Crippen MR) is 146 cm³/mol. The van der Waals surface area contributed by atoms with E-state index in [1.165, 1.54) is 0 Å². The lowest BCUT2D eigenvalue weighted by molar-refractivity contribution is -0.153. The zero-order valence-corrected chi connectivity index (χ0v) is 22.7. The van der Waals surface area contributed by atoms with E-state index in [4.69, 9.17) is 4.74 Å². The van der Waals surface area contributed by atoms with Gasteiger partial charge in [0.1, 0.15) is 5.75 Å². The van der Waals surface area contributed by atoms with Crippen molar-refractivity contribution in [2.45, 2.75) is 31.8 Å². The Hall–Kier alpha value is -3.81. The summed E-state index contributed by atoms with van der Waals surface area (Å²) in [4.78, 5) is 20.8. The summed E-state index contributed by atoms with van der Waals surface area (Å²) in [5.41, 5.74) is 1.14. The third-order valence-corrected chi connectivity index (χ3v) is 7.59. The lowest BCUT2D eigenvalue weighted by Crippen LogP contribution is -2.44. The molecular formula is C30H32F3N3O4. The highest BCUT2D eigenvalue weighted by molar-refractivity contribution is 5.88. The molecule has 0 amide bonds. The Bertz CT molecular complexity index is 1440. The first-order chi connectivity index (χ1) is 19.0. The van der Waals surface area contributed by atoms with Gasteiger partial charge in [-0.05, 0) is 56.0 Å². The van der Waals surface area contributed by atoms with Crippen LogP contribution in [0.15, 0.2) is 36.5 Å². The second kappa shape index (κ2) is 12.1. The van der Waals surface area contributed by atoms with Crippen molar-refractivity contribution in [1.29, 1.82) is 0 Å². The number of aliphatic hydroxyl groups is 1. The molecule has 1 aromatic heterocycles. The Labute approximate surface area is 231 Å². The number of benzene rings is 2. The maximum absolute atomic E-state index is 13.4. The van der Waals surface area contributed by atoms with Crippen LogP contribution >= 0.6 is 0 Å². The molecular weight excluding hydrogens is 523 g/mol. The van der Waals surface area contributed by atoms with Crippen molar-refractivity contribution in [3.63, 3.8) is 0 Å². The van der Waals surface area contributed by atoms with Gasteiger partial charge in [-0.2, -0.15) is 0 Å². The summed E-state index contributed by atoms with van der Waals surface area (Å²) < 4.78 is 45.4. The number of aliphatic hydroxyl groups excluding tert-OH is 1. The number of pyridine rings is 1. The molecule has 1 saturated heterocycles. The second-order valence-corrected chi connectivity index (χ2v) is 10.3. The summed E-state index contributed by atoms with van der Waals surface area (Å²) in [5, 5.41) is 22.3. The van der Waals surface area contributed by atoms with Gasteiger partial charge in [-0.1, -0.05) is 11.8 Å². The van der Waals surface area contributed by atoms with Gasteiger partial charge in [0.25, 0.3) is 0 Å². The fraction of sp³-hybridized carbons (Fsp3) is 0.400. The average molecular weight is 556 g/mol. The van der Waals surface area contributed by atoms with E-state index in [2.05, 4.69) is 16.8 Å². The van der Waals surface area contributed by atoms with Crippen LogP contribution in [0, 0.1) is 34.7 Å². The molecule has 0 unspecified atom stereocenters. The minimum absolute atomic E-state index is 0.0284. The van der Waals surface area contributed by atoms with Gasteiger partial charge in [-0.25, -0.2) is 13.2 Å². The van der Waals surface area contributed by atoms with Crippen LogP contribution < -0.4 is 9.64 Å². The van der Waals surface area contributed by atoms with Crippen molar-refractivity contribution in [3.05, 3.63) is 65.1 Å². The van der Waals surface area contributed by atoms with E-state index < -0.39 is 34.9 Å². The summed E-state index contributed by atoms with van der Waals surface area (Å²) in [5.74, 6) is 1.05. The smallest absolute Gasteiger partial charge is 0.309 e. The molecule has 1 fully saturated rings. The number of likely N-dealkylation sites (tertiary alicyclic amines) is 1. The maximum Gasteiger partial charge on any atom is 0.309 e. The molecule has 0 radical (unpaired) electrons. The van der Waals surface area contributed by atoms with Crippen molar-refractivity contribution in [2.24, 2.45) is 5.41 Å². The molecule has 2 heterocycles. The minimum atomic E-state index is -1.54. The van der Waals surface area contributed by atoms with Crippen LogP contribution in [-0.4, -0.2) is 66.9 Å². The number of ether oxygens (including phenoxy) is 1. The Morgan fingerprint density at radius 1 is 1.18 bits per heavy atom. The standard InChI is InChI=1S/C30H32F3N3O4/c1-35(2)25-18-34-24-7-6-20(40-3)17-21(24)27(25)26(37)8-9-30(29(38)39)10-13-36(14-11-30)12-4-5-19-15-22(31)28(33)23(32)16-19/h6-7,15-18,26,37H,8-14H2,1-3H3,(H,38,39)/t26-/m1/s1. The number of halogens is 3. The number of methoxy groups -OCH3 is 1. The van der Waals surface area contributed by atoms with E-state index >= 15 is 0 Å². The van der Waals surface area contributed by atoms with Crippen LogP contribution in [0.3, 0.4) is 0 Å². The van der Waals surface area contributed by atoms with Gasteiger partial charge >= 0.3 is 5.97 Å². The Balaban J connectivity index is 1.45. The molecule has 2 N–H and O–H groups in total. The van der Waals surface area contributed by atoms with Gasteiger partial charge in [0.15, 0.2) is 17.5 Å². The fourth-order valence-electron chi connectivity index (χ4n) is 5.16. The molecule has 0 saturated carbocycles. The van der Waals surface area contributed by atoms with Crippen LogP contribution in [0.2, 0.25) is 0 Å². The van der Waals surface area contributed by atoms with E-state index in [0.717, 1.165) is 23.2 Å². The van der Waals surface area contributed by atoms with E-state index in [1.54, 1.807) is 19.4 Å². The second-order valence-electron chi connectivity index (χ2n) is 10.3. The monoisotopic (exact) mass is 555 g/mol. The highest BCUT2D eigenvalue weighted by atomic mass is 19.2. The Morgan fingerprint density at radius 2 is 1.85 bits per heavy atom. The summed E-state index contributed by atoms with van der Waals surface area (Å²) in [7, 11) is 5.29. The quantitative estimate of drug-likeness (QED) is 0.306. The Morgan fingerprint density at radius 3 is 2.45 bits per heavy atom. The molecule has 1 aliphatic rings. The third-order valence-electron chi connectivity index (χ3n) is 7.59. The predicted octanol–water partition coefficient (Wildman–Crippen LogP) is 4.76. The molecule has 1 aliphatic heterocycles. The number of aromatic nitrogens is 1. The van der Waals surface area contributed by atoms with Crippen molar-refractivity contribution in [3.8, 4) is 17.6 Å². The number of carbonyl (C=O) groups is 1. The number of anilines is 1. The molecule has 2 aromatic carbocycles. The van der Waals surface area contributed by atoms with Crippen molar-refractivity contribution in [2.75, 3.05) is 45.7 Å². The summed E-state index contributed by atoms with van der Waals surface area (Å²) >= 11 is 0. The molecule has 40 heavy (non-hydrogen) atoms. The molecule has 7 nitrogen and oxygen atoms in total. The number of nitrogens with zero attached hydrogens (tertiary/aromatic N) is 3. The lowest BCUT2D eigenvalue weighted by atomic mass is 9.74. The fourth-order valence-corrected chi connectivity index (χ4v) is 5.16. The summed E-state index contributed by atoms with van der Waals surface area (Å²) in [6.07, 6.45) is 2.02. The molecule has 3 aromatic rings. The molecule has 0 bridgehead atoms. The van der Waals surface area contributed by atoms with E-state index in [1.807, 2.05) is 36.0 Å². The van der Waals surface area contributed by atoms with E-state index in [9.17, 15) is 28.2 Å². The van der Waals surface area contributed by atoms with Gasteiger partial charge in [0.05, 0.1) is 42.6 Å². The highest BCUT2D eigenvalue weighted by Crippen LogP contribution is 2.41. The third kappa shape index (κ3) is 6.16. The normalized spacial score (nSPS) is 15.8. The molecule has 10 heteroatoms. The van der Waals surface area contributed by atoms with Crippen molar-refractivity contribution >= 4 is 22.6 Å². The van der Waals surface area contributed by atoms with Crippen LogP contribution in [0.1, 0.15) is 42.9 Å². The van der Waals surface area contributed by atoms with E-state index in [0.29, 0.717) is 42.8 Å². The van der Waals surface area contributed by atoms with Crippen LogP contribution in [-0.2, 0) is 4.79 Å². The number of rotatable bonds is 8. The number of carboxylic acid groups (broad SMARTS) is 1. The first-order valence-electron chi connectivity index (χ1n) is 13.0. The molecule has 212 valence electrons. The molecule has 1 atom stereocenters. The first-order valence-corrected chi connectivity index (χ1v) is 13.0. The SMILES string of the molecule is COc1ccc2ncc(N(C)C)c([C@H](O)CCC3(C(=O)O)CCN(CC#Cc4cc(F)c(F)c(F)c4)CC3)c2c1. The number of piperidine rings is 1. The van der Waals surface area contributed by atoms with Crippen LogP contribution in [0.5, 0.6) is 5.75 Å².